The summed E-state index contributed by atoms with van der Waals surface area (Å²) >= 11 is 0. The van der Waals surface area contributed by atoms with Crippen molar-refractivity contribution in [1.82, 2.24) is 4.90 Å². The fourth-order valence-corrected chi connectivity index (χ4v) is 3.34. The minimum Gasteiger partial charge on any atom is -0.394 e. The highest BCUT2D eigenvalue weighted by Crippen LogP contribution is 2.28. The second-order valence-electron chi connectivity index (χ2n) is 6.78. The smallest absolute Gasteiger partial charge is 0.129 e. The van der Waals surface area contributed by atoms with Gasteiger partial charge in [-0.05, 0) is 48.6 Å². The molecule has 3 rings (SSSR count). The van der Waals surface area contributed by atoms with Crippen molar-refractivity contribution in [3.05, 3.63) is 41.2 Å². The van der Waals surface area contributed by atoms with E-state index in [1.165, 1.54) is 17.7 Å². The minimum atomic E-state index is -0.209. The summed E-state index contributed by atoms with van der Waals surface area (Å²) in [5, 5.41) is 4.46. The fourth-order valence-electron chi connectivity index (χ4n) is 3.34. The Bertz CT molecular complexity index is 607. The molecule has 0 bridgehead atoms. The molecule has 0 amide bonds. The summed E-state index contributed by atoms with van der Waals surface area (Å²) in [5.41, 5.74) is 3.25. The van der Waals surface area contributed by atoms with Crippen LogP contribution in [0.1, 0.15) is 31.7 Å². The topological polar surface area (TPSA) is 34.1 Å². The van der Waals surface area contributed by atoms with E-state index in [1.807, 2.05) is 0 Å². The Kier molecular flexibility index (Phi) is 6.59. The van der Waals surface area contributed by atoms with Crippen molar-refractivity contribution in [3.63, 3.8) is 0 Å². The van der Waals surface area contributed by atoms with Gasteiger partial charge in [0.25, 0.3) is 0 Å². The Hall–Kier alpha value is -1.72. The molecule has 1 aliphatic carbocycles. The number of halogens is 1. The molecular weight excluding hydrogens is 319 g/mol. The van der Waals surface area contributed by atoms with Crippen LogP contribution in [0, 0.1) is 11.7 Å². The number of allylic oxidation sites excluding steroid dienone is 1. The van der Waals surface area contributed by atoms with Gasteiger partial charge < -0.3 is 9.57 Å². The van der Waals surface area contributed by atoms with Crippen LogP contribution in [0.25, 0.3) is 6.08 Å². The molecule has 4 nitrogen and oxygen atoms in total. The zero-order chi connectivity index (χ0) is 17.5. The number of morpholine rings is 1. The average molecular weight is 346 g/mol. The molecule has 25 heavy (non-hydrogen) atoms. The second kappa shape index (κ2) is 9.11. The highest BCUT2D eigenvalue weighted by molar-refractivity contribution is 6.05. The first-order chi connectivity index (χ1) is 12.2. The molecule has 5 heteroatoms. The lowest BCUT2D eigenvalue weighted by Gasteiger charge is -2.26. The van der Waals surface area contributed by atoms with E-state index in [9.17, 15) is 4.39 Å². The van der Waals surface area contributed by atoms with Gasteiger partial charge in [0, 0.05) is 25.6 Å². The van der Waals surface area contributed by atoms with E-state index >= 15 is 0 Å². The van der Waals surface area contributed by atoms with Gasteiger partial charge in [0.2, 0.25) is 0 Å². The molecule has 1 aromatic rings. The standard InChI is InChI=1S/C20H27FN2O2/c1-16-3-2-4-18(15-17-5-7-19(21)8-6-17)20(16)22-25-14-11-23-9-12-24-13-10-23/h5-8,15-16H,2-4,9-14H2,1H3/b18-15+,22-20+/t16-/m1/s1. The first kappa shape index (κ1) is 18.1. The zero-order valence-corrected chi connectivity index (χ0v) is 14.9. The van der Waals surface area contributed by atoms with Gasteiger partial charge in [-0.2, -0.15) is 0 Å². The van der Waals surface area contributed by atoms with Gasteiger partial charge in [-0.1, -0.05) is 24.2 Å². The van der Waals surface area contributed by atoms with Crippen LogP contribution in [0.2, 0.25) is 0 Å². The van der Waals surface area contributed by atoms with E-state index in [-0.39, 0.29) is 5.82 Å². The highest BCUT2D eigenvalue weighted by atomic mass is 19.1. The molecule has 1 saturated carbocycles. The molecule has 1 atom stereocenters. The summed E-state index contributed by atoms with van der Waals surface area (Å²) in [4.78, 5) is 7.97. The summed E-state index contributed by atoms with van der Waals surface area (Å²) in [5.74, 6) is 0.184. The first-order valence-electron chi connectivity index (χ1n) is 9.19. The summed E-state index contributed by atoms with van der Waals surface area (Å²) < 4.78 is 18.4. The third-order valence-corrected chi connectivity index (χ3v) is 4.86. The zero-order valence-electron chi connectivity index (χ0n) is 14.9. The summed E-state index contributed by atoms with van der Waals surface area (Å²) in [7, 11) is 0. The van der Waals surface area contributed by atoms with E-state index in [4.69, 9.17) is 9.57 Å². The number of oxime groups is 1. The Morgan fingerprint density at radius 2 is 2.04 bits per heavy atom. The minimum absolute atomic E-state index is 0.209. The Morgan fingerprint density at radius 1 is 1.28 bits per heavy atom. The van der Waals surface area contributed by atoms with Gasteiger partial charge in [-0.3, -0.25) is 4.90 Å². The maximum Gasteiger partial charge on any atom is 0.129 e. The first-order valence-corrected chi connectivity index (χ1v) is 9.19. The van der Waals surface area contributed by atoms with Crippen LogP contribution >= 0.6 is 0 Å². The van der Waals surface area contributed by atoms with Crippen molar-refractivity contribution >= 4 is 11.8 Å². The lowest BCUT2D eigenvalue weighted by atomic mass is 9.84. The number of rotatable bonds is 5. The molecule has 1 heterocycles. The predicted molar refractivity (Wildman–Crippen MR) is 98.0 cm³/mol. The van der Waals surface area contributed by atoms with Gasteiger partial charge in [-0.15, -0.1) is 0 Å². The molecule has 0 radical (unpaired) electrons. The van der Waals surface area contributed by atoms with E-state index in [2.05, 4.69) is 23.1 Å². The normalized spacial score (nSPS) is 25.4. The molecule has 1 aromatic carbocycles. The van der Waals surface area contributed by atoms with Gasteiger partial charge in [0.1, 0.15) is 12.4 Å². The van der Waals surface area contributed by atoms with Gasteiger partial charge in [-0.25, -0.2) is 4.39 Å². The average Bonchev–Trinajstić information content (AvgIpc) is 2.63. The van der Waals surface area contributed by atoms with Crippen molar-refractivity contribution in [2.45, 2.75) is 26.2 Å². The van der Waals surface area contributed by atoms with Crippen molar-refractivity contribution in [2.75, 3.05) is 39.5 Å². The maximum absolute atomic E-state index is 13.1. The highest BCUT2D eigenvalue weighted by Gasteiger charge is 2.21. The van der Waals surface area contributed by atoms with Crippen molar-refractivity contribution in [3.8, 4) is 0 Å². The van der Waals surface area contributed by atoms with Crippen molar-refractivity contribution in [1.29, 1.82) is 0 Å². The third kappa shape index (κ3) is 5.38. The molecule has 1 saturated heterocycles. The number of nitrogens with zero attached hydrogens (tertiary/aromatic N) is 2. The van der Waals surface area contributed by atoms with Crippen LogP contribution in [-0.2, 0) is 9.57 Å². The van der Waals surface area contributed by atoms with E-state index in [1.54, 1.807) is 12.1 Å². The maximum atomic E-state index is 13.1. The predicted octanol–water partition coefficient (Wildman–Crippen LogP) is 3.73. The number of hydrogen-bond donors (Lipinski definition) is 0. The molecule has 1 aliphatic heterocycles. The van der Waals surface area contributed by atoms with Crippen LogP contribution < -0.4 is 0 Å². The van der Waals surface area contributed by atoms with Crippen LogP contribution in [-0.4, -0.2) is 50.1 Å². The summed E-state index contributed by atoms with van der Waals surface area (Å²) in [6, 6.07) is 6.60. The Balaban J connectivity index is 1.61. The number of benzene rings is 1. The van der Waals surface area contributed by atoms with Crippen LogP contribution in [0.3, 0.4) is 0 Å². The van der Waals surface area contributed by atoms with Gasteiger partial charge in [0.15, 0.2) is 0 Å². The molecule has 0 unspecified atom stereocenters. The fraction of sp³-hybridized carbons (Fsp3) is 0.550. The van der Waals surface area contributed by atoms with E-state index < -0.39 is 0 Å². The summed E-state index contributed by atoms with van der Waals surface area (Å²) in [6.45, 7) is 7.21. The largest absolute Gasteiger partial charge is 0.394 e. The van der Waals surface area contributed by atoms with Crippen molar-refractivity contribution in [2.24, 2.45) is 11.1 Å². The molecule has 0 spiro atoms. The molecule has 2 fully saturated rings. The Labute approximate surface area is 149 Å². The van der Waals surface area contributed by atoms with Gasteiger partial charge in [0.05, 0.1) is 18.9 Å². The lowest BCUT2D eigenvalue weighted by Crippen LogP contribution is -2.38. The van der Waals surface area contributed by atoms with Crippen molar-refractivity contribution < 1.29 is 14.0 Å². The van der Waals surface area contributed by atoms with E-state index in [0.29, 0.717) is 12.5 Å². The van der Waals surface area contributed by atoms with Crippen LogP contribution in [0.4, 0.5) is 4.39 Å². The van der Waals surface area contributed by atoms with Crippen LogP contribution in [0.15, 0.2) is 35.0 Å². The molecule has 2 aliphatic rings. The molecule has 136 valence electrons. The SMILES string of the molecule is C[C@@H]1CCCC(=C\c2ccc(F)cc2)/C1=N/OCCN1CCOCC1. The third-order valence-electron chi connectivity index (χ3n) is 4.86. The quantitative estimate of drug-likeness (QED) is 0.602. The number of hydrogen-bond acceptors (Lipinski definition) is 4. The van der Waals surface area contributed by atoms with E-state index in [0.717, 1.165) is 63.4 Å². The molecule has 0 N–H and O–H groups in total. The molecule has 0 aromatic heterocycles. The monoisotopic (exact) mass is 346 g/mol. The lowest BCUT2D eigenvalue weighted by molar-refractivity contribution is 0.0210. The Morgan fingerprint density at radius 3 is 2.80 bits per heavy atom. The van der Waals surface area contributed by atoms with Gasteiger partial charge >= 0.3 is 0 Å². The van der Waals surface area contributed by atoms with Crippen LogP contribution in [0.5, 0.6) is 0 Å². The summed E-state index contributed by atoms with van der Waals surface area (Å²) in [6.07, 6.45) is 5.39. The second-order valence-corrected chi connectivity index (χ2v) is 6.78. The molecular formula is C20H27FN2O2. The number of ether oxygens (including phenoxy) is 1.